The highest BCUT2D eigenvalue weighted by atomic mass is 16.4. The van der Waals surface area contributed by atoms with Crippen molar-refractivity contribution in [2.24, 2.45) is 0 Å². The van der Waals surface area contributed by atoms with Gasteiger partial charge < -0.3 is 9.73 Å². The van der Waals surface area contributed by atoms with Crippen LogP contribution in [0.15, 0.2) is 57.7 Å². The Hall–Kier alpha value is -2.82. The SMILES string of the molecule is CCC(NC(=O)CCn1c(=O)oc2ccccc21)c1ccc(C)cc1. The quantitative estimate of drug-likeness (QED) is 0.747. The van der Waals surface area contributed by atoms with E-state index < -0.39 is 5.76 Å². The predicted octanol–water partition coefficient (Wildman–Crippen LogP) is 3.56. The highest BCUT2D eigenvalue weighted by molar-refractivity contribution is 5.77. The molecule has 1 atom stereocenters. The van der Waals surface area contributed by atoms with E-state index >= 15 is 0 Å². The molecule has 0 spiro atoms. The molecule has 0 saturated carbocycles. The number of nitrogens with zero attached hydrogens (tertiary/aromatic N) is 1. The molecular weight excluding hydrogens is 316 g/mol. The van der Waals surface area contributed by atoms with Gasteiger partial charge in [0.15, 0.2) is 5.58 Å². The standard InChI is InChI=1S/C20H22N2O3/c1-3-16(15-10-8-14(2)9-11-15)21-19(23)12-13-22-17-6-4-5-7-18(17)25-20(22)24/h4-11,16H,3,12-13H2,1-2H3,(H,21,23). The van der Waals surface area contributed by atoms with Gasteiger partial charge in [-0.25, -0.2) is 4.79 Å². The van der Waals surface area contributed by atoms with Gasteiger partial charge in [0.05, 0.1) is 11.6 Å². The van der Waals surface area contributed by atoms with Gasteiger partial charge in [-0.2, -0.15) is 0 Å². The Morgan fingerprint density at radius 2 is 1.88 bits per heavy atom. The molecule has 1 heterocycles. The summed E-state index contributed by atoms with van der Waals surface area (Å²) in [6, 6.07) is 15.4. The number of fused-ring (bicyclic) bond motifs is 1. The lowest BCUT2D eigenvalue weighted by atomic mass is 10.0. The minimum atomic E-state index is -0.431. The van der Waals surface area contributed by atoms with Gasteiger partial charge in [-0.05, 0) is 31.0 Å². The number of amides is 1. The number of oxazole rings is 1. The number of benzene rings is 2. The highest BCUT2D eigenvalue weighted by Gasteiger charge is 2.14. The second-order valence-corrected chi connectivity index (χ2v) is 6.18. The Morgan fingerprint density at radius 1 is 1.16 bits per heavy atom. The minimum absolute atomic E-state index is 0.0223. The molecule has 3 rings (SSSR count). The van der Waals surface area contributed by atoms with Crippen molar-refractivity contribution in [1.29, 1.82) is 0 Å². The summed E-state index contributed by atoms with van der Waals surface area (Å²) in [7, 11) is 0. The fraction of sp³-hybridized carbons (Fsp3) is 0.300. The van der Waals surface area contributed by atoms with Crippen molar-refractivity contribution in [1.82, 2.24) is 9.88 Å². The van der Waals surface area contributed by atoms with E-state index in [1.54, 1.807) is 6.07 Å². The third-order valence-corrected chi connectivity index (χ3v) is 4.36. The lowest BCUT2D eigenvalue weighted by Gasteiger charge is -2.17. The number of aryl methyl sites for hydroxylation is 2. The molecule has 5 nitrogen and oxygen atoms in total. The summed E-state index contributed by atoms with van der Waals surface area (Å²) < 4.78 is 6.69. The third kappa shape index (κ3) is 3.82. The molecule has 1 amide bonds. The summed E-state index contributed by atoms with van der Waals surface area (Å²) in [5.41, 5.74) is 3.54. The average molecular weight is 338 g/mol. The summed E-state index contributed by atoms with van der Waals surface area (Å²) in [5.74, 6) is -0.510. The van der Waals surface area contributed by atoms with Crippen molar-refractivity contribution in [2.45, 2.75) is 39.3 Å². The molecular formula is C20H22N2O3. The summed E-state index contributed by atoms with van der Waals surface area (Å²) in [4.78, 5) is 24.3. The highest BCUT2D eigenvalue weighted by Crippen LogP contribution is 2.17. The Bertz CT molecular complexity index is 922. The van der Waals surface area contributed by atoms with Gasteiger partial charge in [0, 0.05) is 13.0 Å². The fourth-order valence-corrected chi connectivity index (χ4v) is 2.93. The van der Waals surface area contributed by atoms with E-state index in [0.29, 0.717) is 17.6 Å². The van der Waals surface area contributed by atoms with Crippen LogP contribution < -0.4 is 11.1 Å². The lowest BCUT2D eigenvalue weighted by molar-refractivity contribution is -0.122. The largest absolute Gasteiger partial charge is 0.419 e. The zero-order chi connectivity index (χ0) is 17.8. The van der Waals surface area contributed by atoms with Crippen molar-refractivity contribution >= 4 is 17.0 Å². The van der Waals surface area contributed by atoms with Gasteiger partial charge in [0.25, 0.3) is 0 Å². The van der Waals surface area contributed by atoms with Crippen LogP contribution in [0.4, 0.5) is 0 Å². The van der Waals surface area contributed by atoms with E-state index in [4.69, 9.17) is 4.42 Å². The first-order valence-electron chi connectivity index (χ1n) is 8.52. The zero-order valence-corrected chi connectivity index (χ0v) is 14.5. The van der Waals surface area contributed by atoms with Crippen molar-refractivity contribution in [2.75, 3.05) is 0 Å². The van der Waals surface area contributed by atoms with Crippen molar-refractivity contribution < 1.29 is 9.21 Å². The Morgan fingerprint density at radius 3 is 2.60 bits per heavy atom. The second-order valence-electron chi connectivity index (χ2n) is 6.18. The Labute approximate surface area is 146 Å². The molecule has 130 valence electrons. The summed E-state index contributed by atoms with van der Waals surface area (Å²) in [6.45, 7) is 4.38. The number of hydrogen-bond acceptors (Lipinski definition) is 3. The van der Waals surface area contributed by atoms with E-state index in [1.807, 2.05) is 56.3 Å². The summed E-state index contributed by atoms with van der Waals surface area (Å²) in [5, 5.41) is 3.05. The van der Waals surface area contributed by atoms with E-state index in [1.165, 1.54) is 10.1 Å². The van der Waals surface area contributed by atoms with Crippen LogP contribution in [0.25, 0.3) is 11.1 Å². The molecule has 5 heteroatoms. The van der Waals surface area contributed by atoms with Gasteiger partial charge >= 0.3 is 5.76 Å². The molecule has 0 saturated heterocycles. The molecule has 0 aliphatic heterocycles. The Kier molecular flexibility index (Phi) is 5.03. The maximum atomic E-state index is 12.3. The third-order valence-electron chi connectivity index (χ3n) is 4.36. The first-order chi connectivity index (χ1) is 12.1. The molecule has 1 unspecified atom stereocenters. The monoisotopic (exact) mass is 338 g/mol. The van der Waals surface area contributed by atoms with Crippen molar-refractivity contribution in [3.63, 3.8) is 0 Å². The first-order valence-corrected chi connectivity index (χ1v) is 8.52. The maximum absolute atomic E-state index is 12.3. The number of hydrogen-bond donors (Lipinski definition) is 1. The van der Waals surface area contributed by atoms with Crippen LogP contribution in [0.3, 0.4) is 0 Å². The number of para-hydroxylation sites is 2. The first kappa shape index (κ1) is 17.0. The second kappa shape index (κ2) is 7.38. The topological polar surface area (TPSA) is 64.2 Å². The lowest BCUT2D eigenvalue weighted by Crippen LogP contribution is -2.29. The van der Waals surface area contributed by atoms with Crippen molar-refractivity contribution in [3.05, 3.63) is 70.2 Å². The van der Waals surface area contributed by atoms with Gasteiger partial charge in [-0.3, -0.25) is 9.36 Å². The molecule has 0 fully saturated rings. The van der Waals surface area contributed by atoms with Crippen LogP contribution >= 0.6 is 0 Å². The minimum Gasteiger partial charge on any atom is -0.408 e. The molecule has 25 heavy (non-hydrogen) atoms. The van der Waals surface area contributed by atoms with Crippen LogP contribution in [0.1, 0.15) is 36.9 Å². The van der Waals surface area contributed by atoms with Gasteiger partial charge in [0.1, 0.15) is 0 Å². The van der Waals surface area contributed by atoms with E-state index in [0.717, 1.165) is 12.0 Å². The molecule has 0 bridgehead atoms. The van der Waals surface area contributed by atoms with E-state index in [9.17, 15) is 9.59 Å². The normalized spacial score (nSPS) is 12.2. The van der Waals surface area contributed by atoms with Crippen LogP contribution in [0, 0.1) is 6.92 Å². The number of carbonyl (C=O) groups excluding carboxylic acids is 1. The fourth-order valence-electron chi connectivity index (χ4n) is 2.93. The molecule has 3 aromatic rings. The Balaban J connectivity index is 1.66. The number of carbonyl (C=O) groups is 1. The molecule has 0 aliphatic carbocycles. The van der Waals surface area contributed by atoms with Crippen LogP contribution in [-0.4, -0.2) is 10.5 Å². The molecule has 0 aliphatic rings. The number of aromatic nitrogens is 1. The smallest absolute Gasteiger partial charge is 0.408 e. The van der Waals surface area contributed by atoms with Crippen LogP contribution in [-0.2, 0) is 11.3 Å². The molecule has 0 radical (unpaired) electrons. The van der Waals surface area contributed by atoms with E-state index in [-0.39, 0.29) is 18.4 Å². The van der Waals surface area contributed by atoms with Gasteiger partial charge in [-0.1, -0.05) is 48.9 Å². The molecule has 1 N–H and O–H groups in total. The molecule has 2 aromatic carbocycles. The number of rotatable bonds is 6. The molecule has 1 aromatic heterocycles. The summed E-state index contributed by atoms with van der Waals surface area (Å²) in [6.07, 6.45) is 1.04. The van der Waals surface area contributed by atoms with Gasteiger partial charge in [-0.15, -0.1) is 0 Å². The van der Waals surface area contributed by atoms with Crippen LogP contribution in [0.2, 0.25) is 0 Å². The average Bonchev–Trinajstić information content (AvgIpc) is 2.94. The summed E-state index contributed by atoms with van der Waals surface area (Å²) >= 11 is 0. The predicted molar refractivity (Wildman–Crippen MR) is 97.4 cm³/mol. The number of nitrogens with one attached hydrogen (secondary N) is 1. The van der Waals surface area contributed by atoms with Gasteiger partial charge in [0.2, 0.25) is 5.91 Å². The van der Waals surface area contributed by atoms with Crippen molar-refractivity contribution in [3.8, 4) is 0 Å². The van der Waals surface area contributed by atoms with E-state index in [2.05, 4.69) is 5.32 Å². The maximum Gasteiger partial charge on any atom is 0.419 e. The zero-order valence-electron chi connectivity index (χ0n) is 14.5. The van der Waals surface area contributed by atoms with Crippen LogP contribution in [0.5, 0.6) is 0 Å².